The number of nitrogens with two attached hydrogens (primary N) is 1. The fourth-order valence-electron chi connectivity index (χ4n) is 1.23. The molecule has 0 spiro atoms. The fraction of sp³-hybridized carbons (Fsp3) is 0.429. The second-order valence-corrected chi connectivity index (χ2v) is 5.28. The number of hydrogen-bond acceptors (Lipinski definition) is 4. The summed E-state index contributed by atoms with van der Waals surface area (Å²) in [5, 5.41) is 2.69. The Bertz CT molecular complexity index is 493. The molecule has 0 aromatic heterocycles. The third kappa shape index (κ3) is 4.89. The molecule has 1 aromatic carbocycles. The molecule has 1 aromatic rings. The normalized spacial score (nSPS) is 10.8. The zero-order valence-corrected chi connectivity index (χ0v) is 12.3. The van der Waals surface area contributed by atoms with E-state index in [1.165, 1.54) is 4.90 Å². The highest BCUT2D eigenvalue weighted by Crippen LogP contribution is 2.18. The maximum Gasteiger partial charge on any atom is 0.259 e. The number of carbonyl (C=O) groups is 2. The van der Waals surface area contributed by atoms with Crippen LogP contribution < -0.4 is 15.8 Å². The van der Waals surface area contributed by atoms with Crippen molar-refractivity contribution in [3.63, 3.8) is 0 Å². The zero-order chi connectivity index (χ0) is 15.3. The summed E-state index contributed by atoms with van der Waals surface area (Å²) in [4.78, 5) is 24.6. The third-order valence-electron chi connectivity index (χ3n) is 2.54. The van der Waals surface area contributed by atoms with Gasteiger partial charge in [-0.2, -0.15) is 0 Å². The van der Waals surface area contributed by atoms with Crippen molar-refractivity contribution < 1.29 is 14.3 Å². The van der Waals surface area contributed by atoms with Crippen LogP contribution in [0.2, 0.25) is 0 Å². The largest absolute Gasteiger partial charge is 0.484 e. The van der Waals surface area contributed by atoms with Crippen LogP contribution in [0.15, 0.2) is 24.3 Å². The highest BCUT2D eigenvalue weighted by molar-refractivity contribution is 5.97. The van der Waals surface area contributed by atoms with Gasteiger partial charge in [0.1, 0.15) is 5.75 Å². The van der Waals surface area contributed by atoms with Gasteiger partial charge in [0.15, 0.2) is 6.61 Å². The maximum atomic E-state index is 11.8. The average molecular weight is 279 g/mol. The van der Waals surface area contributed by atoms with Crippen LogP contribution >= 0.6 is 0 Å². The van der Waals surface area contributed by atoms with Crippen LogP contribution in [-0.2, 0) is 9.59 Å². The fourth-order valence-corrected chi connectivity index (χ4v) is 1.23. The molecule has 0 radical (unpaired) electrons. The number of rotatable bonds is 5. The number of benzene rings is 1. The first-order chi connectivity index (χ1) is 9.20. The highest BCUT2D eigenvalue weighted by atomic mass is 16.5. The molecule has 110 valence electrons. The lowest BCUT2D eigenvalue weighted by Gasteiger charge is -2.18. The molecule has 2 amide bonds. The zero-order valence-electron chi connectivity index (χ0n) is 12.3. The molecule has 0 unspecified atom stereocenters. The minimum absolute atomic E-state index is 0.0488. The molecule has 0 heterocycles. The van der Waals surface area contributed by atoms with E-state index >= 15 is 0 Å². The maximum absolute atomic E-state index is 11.8. The standard InChI is InChI=1S/C14H21N3O3/c1-14(2,15)13(19)16-10-6-5-7-11(8-10)20-9-12(18)17(3)4/h5-8H,9,15H2,1-4H3,(H,16,19). The van der Waals surface area contributed by atoms with Gasteiger partial charge in [0.25, 0.3) is 5.91 Å². The van der Waals surface area contributed by atoms with Gasteiger partial charge in [0.2, 0.25) is 5.91 Å². The van der Waals surface area contributed by atoms with Gasteiger partial charge in [-0.05, 0) is 26.0 Å². The lowest BCUT2D eigenvalue weighted by atomic mass is 10.1. The molecule has 6 heteroatoms. The van der Waals surface area contributed by atoms with E-state index in [4.69, 9.17) is 10.5 Å². The van der Waals surface area contributed by atoms with Crippen molar-refractivity contribution in [2.45, 2.75) is 19.4 Å². The van der Waals surface area contributed by atoms with E-state index in [0.717, 1.165) is 0 Å². The minimum Gasteiger partial charge on any atom is -0.484 e. The second kappa shape index (κ2) is 6.38. The van der Waals surface area contributed by atoms with Crippen molar-refractivity contribution in [3.05, 3.63) is 24.3 Å². The first-order valence-corrected chi connectivity index (χ1v) is 6.23. The van der Waals surface area contributed by atoms with E-state index in [2.05, 4.69) is 5.32 Å². The topological polar surface area (TPSA) is 84.7 Å². The van der Waals surface area contributed by atoms with Crippen molar-refractivity contribution in [1.82, 2.24) is 4.90 Å². The van der Waals surface area contributed by atoms with Crippen molar-refractivity contribution in [1.29, 1.82) is 0 Å². The molecule has 0 fully saturated rings. The van der Waals surface area contributed by atoms with Crippen LogP contribution in [0.1, 0.15) is 13.8 Å². The molecule has 0 aliphatic rings. The Morgan fingerprint density at radius 1 is 1.35 bits per heavy atom. The molecule has 0 atom stereocenters. The number of amides is 2. The van der Waals surface area contributed by atoms with Crippen molar-refractivity contribution in [3.8, 4) is 5.75 Å². The SMILES string of the molecule is CN(C)C(=O)COc1cccc(NC(=O)C(C)(C)N)c1. The predicted octanol–water partition coefficient (Wildman–Crippen LogP) is 0.829. The molecule has 0 aliphatic carbocycles. The van der Waals surface area contributed by atoms with Crippen LogP contribution in [-0.4, -0.2) is 43.0 Å². The first-order valence-electron chi connectivity index (χ1n) is 6.23. The summed E-state index contributed by atoms with van der Waals surface area (Å²) in [5.41, 5.74) is 5.32. The van der Waals surface area contributed by atoms with Gasteiger partial charge in [-0.3, -0.25) is 9.59 Å². The quantitative estimate of drug-likeness (QED) is 0.836. The monoisotopic (exact) mass is 279 g/mol. The van der Waals surface area contributed by atoms with Gasteiger partial charge in [-0.25, -0.2) is 0 Å². The van der Waals surface area contributed by atoms with Crippen LogP contribution in [0.4, 0.5) is 5.69 Å². The number of nitrogens with zero attached hydrogens (tertiary/aromatic N) is 1. The molecule has 0 saturated heterocycles. The summed E-state index contributed by atoms with van der Waals surface area (Å²) in [6.45, 7) is 3.20. The summed E-state index contributed by atoms with van der Waals surface area (Å²) in [6.07, 6.45) is 0. The first kappa shape index (κ1) is 16.0. The van der Waals surface area contributed by atoms with E-state index in [1.54, 1.807) is 52.2 Å². The van der Waals surface area contributed by atoms with Gasteiger partial charge >= 0.3 is 0 Å². The lowest BCUT2D eigenvalue weighted by Crippen LogP contribution is -2.45. The number of ether oxygens (including phenoxy) is 1. The van der Waals surface area contributed by atoms with Crippen LogP contribution in [0.25, 0.3) is 0 Å². The van der Waals surface area contributed by atoms with E-state index < -0.39 is 5.54 Å². The smallest absolute Gasteiger partial charge is 0.259 e. The molecule has 6 nitrogen and oxygen atoms in total. The van der Waals surface area contributed by atoms with E-state index in [0.29, 0.717) is 11.4 Å². The minimum atomic E-state index is -0.961. The number of hydrogen-bond donors (Lipinski definition) is 2. The molecule has 3 N–H and O–H groups in total. The van der Waals surface area contributed by atoms with Gasteiger partial charge in [-0.15, -0.1) is 0 Å². The summed E-state index contributed by atoms with van der Waals surface area (Å²) >= 11 is 0. The van der Waals surface area contributed by atoms with Gasteiger partial charge in [0.05, 0.1) is 5.54 Å². The molecule has 20 heavy (non-hydrogen) atoms. The Morgan fingerprint density at radius 3 is 2.55 bits per heavy atom. The van der Waals surface area contributed by atoms with Crippen molar-refractivity contribution in [2.75, 3.05) is 26.0 Å². The van der Waals surface area contributed by atoms with E-state index in [-0.39, 0.29) is 18.4 Å². The lowest BCUT2D eigenvalue weighted by molar-refractivity contribution is -0.130. The summed E-state index contributed by atoms with van der Waals surface area (Å²) in [5.74, 6) is 0.0781. The predicted molar refractivity (Wildman–Crippen MR) is 77.5 cm³/mol. The number of anilines is 1. The summed E-state index contributed by atoms with van der Waals surface area (Å²) in [6, 6.07) is 6.82. The second-order valence-electron chi connectivity index (χ2n) is 5.28. The van der Waals surface area contributed by atoms with Gasteiger partial charge in [-0.1, -0.05) is 6.07 Å². The molecule has 0 bridgehead atoms. The Kier molecular flexibility index (Phi) is 5.10. The molecule has 0 saturated carbocycles. The van der Waals surface area contributed by atoms with Crippen LogP contribution in [0.3, 0.4) is 0 Å². The summed E-state index contributed by atoms with van der Waals surface area (Å²) < 4.78 is 5.36. The Morgan fingerprint density at radius 2 is 2.00 bits per heavy atom. The molecular weight excluding hydrogens is 258 g/mol. The van der Waals surface area contributed by atoms with Gasteiger partial charge in [0, 0.05) is 25.8 Å². The Labute approximate surface area is 118 Å². The van der Waals surface area contributed by atoms with E-state index in [1.807, 2.05) is 0 Å². The van der Waals surface area contributed by atoms with Crippen LogP contribution in [0.5, 0.6) is 5.75 Å². The Hall–Kier alpha value is -2.08. The van der Waals surface area contributed by atoms with Crippen molar-refractivity contribution >= 4 is 17.5 Å². The van der Waals surface area contributed by atoms with Crippen molar-refractivity contribution in [2.24, 2.45) is 5.73 Å². The third-order valence-corrected chi connectivity index (χ3v) is 2.54. The Balaban J connectivity index is 2.67. The number of nitrogens with one attached hydrogen (secondary N) is 1. The molecule has 0 aliphatic heterocycles. The molecular formula is C14H21N3O3. The van der Waals surface area contributed by atoms with Gasteiger partial charge < -0.3 is 20.7 Å². The van der Waals surface area contributed by atoms with Crippen LogP contribution in [0, 0.1) is 0 Å². The number of carbonyl (C=O) groups excluding carboxylic acids is 2. The highest BCUT2D eigenvalue weighted by Gasteiger charge is 2.21. The summed E-state index contributed by atoms with van der Waals surface area (Å²) in [7, 11) is 3.32. The molecule has 1 rings (SSSR count). The van der Waals surface area contributed by atoms with E-state index in [9.17, 15) is 9.59 Å². The average Bonchev–Trinajstić information content (AvgIpc) is 2.35. The number of likely N-dealkylation sites (N-methyl/N-ethyl adjacent to an activating group) is 1.